The van der Waals surface area contributed by atoms with Crippen molar-refractivity contribution >= 4 is 39.2 Å². The number of halogens is 1. The SMILES string of the molecule is Clc1cccc2c(-n3cnc4c(-c5ncco5)cc(N5CCOCC5)cc43)ccnc12. The van der Waals surface area contributed by atoms with Crippen molar-refractivity contribution in [2.24, 2.45) is 0 Å². The number of anilines is 1. The third-order valence-corrected chi connectivity index (χ3v) is 5.94. The molecular formula is C23H18ClN5O2. The summed E-state index contributed by atoms with van der Waals surface area (Å²) in [6.07, 6.45) is 6.84. The molecule has 4 heterocycles. The number of hydrogen-bond donors (Lipinski definition) is 0. The number of pyridine rings is 1. The summed E-state index contributed by atoms with van der Waals surface area (Å²) in [6, 6.07) is 12.0. The van der Waals surface area contributed by atoms with Gasteiger partial charge in [0.25, 0.3) is 0 Å². The van der Waals surface area contributed by atoms with Crippen LogP contribution in [0.15, 0.2) is 65.8 Å². The highest BCUT2D eigenvalue weighted by atomic mass is 35.5. The molecule has 1 fully saturated rings. The van der Waals surface area contributed by atoms with Gasteiger partial charge in [0.1, 0.15) is 18.1 Å². The Balaban J connectivity index is 1.62. The second-order valence-corrected chi connectivity index (χ2v) is 7.79. The Hall–Kier alpha value is -3.42. The molecule has 0 aliphatic carbocycles. The first kappa shape index (κ1) is 18.4. The van der Waals surface area contributed by atoms with Gasteiger partial charge in [-0.05, 0) is 24.3 Å². The lowest BCUT2D eigenvalue weighted by Gasteiger charge is -2.29. The van der Waals surface area contributed by atoms with Crippen molar-refractivity contribution in [3.63, 3.8) is 0 Å². The molecule has 0 radical (unpaired) electrons. The van der Waals surface area contributed by atoms with Crippen molar-refractivity contribution in [1.29, 1.82) is 0 Å². The van der Waals surface area contributed by atoms with Crippen LogP contribution >= 0.6 is 11.6 Å². The van der Waals surface area contributed by atoms with Crippen LogP contribution in [0.25, 0.3) is 39.1 Å². The second-order valence-electron chi connectivity index (χ2n) is 7.38. The first-order valence-electron chi connectivity index (χ1n) is 10.1. The minimum atomic E-state index is 0.549. The van der Waals surface area contributed by atoms with E-state index >= 15 is 0 Å². The molecule has 31 heavy (non-hydrogen) atoms. The van der Waals surface area contributed by atoms with Gasteiger partial charge in [0.2, 0.25) is 5.89 Å². The number of morpholine rings is 1. The van der Waals surface area contributed by atoms with Crippen molar-refractivity contribution in [3.05, 3.63) is 66.4 Å². The molecule has 0 spiro atoms. The van der Waals surface area contributed by atoms with Gasteiger partial charge in [-0.15, -0.1) is 0 Å². The molecule has 0 bridgehead atoms. The molecule has 7 nitrogen and oxygen atoms in total. The zero-order valence-corrected chi connectivity index (χ0v) is 17.3. The van der Waals surface area contributed by atoms with E-state index in [1.54, 1.807) is 18.7 Å². The summed E-state index contributed by atoms with van der Waals surface area (Å²) < 4.78 is 13.3. The molecule has 2 aromatic carbocycles. The summed E-state index contributed by atoms with van der Waals surface area (Å²) in [7, 11) is 0. The van der Waals surface area contributed by atoms with Gasteiger partial charge in [-0.2, -0.15) is 0 Å². The maximum absolute atomic E-state index is 6.40. The predicted octanol–water partition coefficient (Wildman–Crippen LogP) is 4.72. The molecule has 6 rings (SSSR count). The molecule has 1 saturated heterocycles. The zero-order valence-electron chi connectivity index (χ0n) is 16.5. The summed E-state index contributed by atoms with van der Waals surface area (Å²) in [5, 5.41) is 1.59. The number of aromatic nitrogens is 4. The summed E-state index contributed by atoms with van der Waals surface area (Å²) in [6.45, 7) is 3.08. The Bertz CT molecular complexity index is 1390. The Labute approximate surface area is 182 Å². The Morgan fingerprint density at radius 3 is 2.68 bits per heavy atom. The van der Waals surface area contributed by atoms with Gasteiger partial charge in [-0.3, -0.25) is 9.55 Å². The maximum atomic E-state index is 6.40. The van der Waals surface area contributed by atoms with E-state index in [1.807, 2.05) is 30.6 Å². The average molecular weight is 432 g/mol. The average Bonchev–Trinajstić information content (AvgIpc) is 3.49. The Morgan fingerprint density at radius 2 is 1.84 bits per heavy atom. The fourth-order valence-electron chi connectivity index (χ4n) is 4.15. The van der Waals surface area contributed by atoms with E-state index < -0.39 is 0 Å². The van der Waals surface area contributed by atoms with Crippen molar-refractivity contribution in [2.45, 2.75) is 0 Å². The Morgan fingerprint density at radius 1 is 0.935 bits per heavy atom. The third kappa shape index (κ3) is 3.05. The molecule has 3 aromatic heterocycles. The molecule has 0 amide bonds. The highest BCUT2D eigenvalue weighted by molar-refractivity contribution is 6.35. The number of nitrogens with zero attached hydrogens (tertiary/aromatic N) is 5. The van der Waals surface area contributed by atoms with Crippen LogP contribution in [-0.4, -0.2) is 45.8 Å². The summed E-state index contributed by atoms with van der Waals surface area (Å²) >= 11 is 6.40. The van der Waals surface area contributed by atoms with E-state index in [4.69, 9.17) is 25.7 Å². The lowest BCUT2D eigenvalue weighted by Crippen LogP contribution is -2.36. The van der Waals surface area contributed by atoms with E-state index in [0.717, 1.165) is 52.0 Å². The first-order chi connectivity index (χ1) is 15.3. The van der Waals surface area contributed by atoms with Crippen molar-refractivity contribution in [1.82, 2.24) is 19.5 Å². The van der Waals surface area contributed by atoms with Gasteiger partial charge < -0.3 is 14.1 Å². The molecular weight excluding hydrogens is 414 g/mol. The third-order valence-electron chi connectivity index (χ3n) is 5.63. The number of rotatable bonds is 3. The van der Waals surface area contributed by atoms with Crippen molar-refractivity contribution < 1.29 is 9.15 Å². The molecule has 8 heteroatoms. The van der Waals surface area contributed by atoms with Gasteiger partial charge in [0.05, 0.1) is 46.7 Å². The zero-order chi connectivity index (χ0) is 20.8. The fraction of sp³-hybridized carbons (Fsp3) is 0.174. The summed E-state index contributed by atoms with van der Waals surface area (Å²) in [5.74, 6) is 0.549. The number of hydrogen-bond acceptors (Lipinski definition) is 6. The van der Waals surface area contributed by atoms with Crippen molar-refractivity contribution in [3.8, 4) is 17.1 Å². The van der Waals surface area contributed by atoms with E-state index in [0.29, 0.717) is 24.1 Å². The summed E-state index contributed by atoms with van der Waals surface area (Å²) in [5.41, 5.74) is 5.46. The Kier molecular flexibility index (Phi) is 4.36. The lowest BCUT2D eigenvalue weighted by atomic mass is 10.1. The second kappa shape index (κ2) is 7.37. The monoisotopic (exact) mass is 431 g/mol. The fourth-order valence-corrected chi connectivity index (χ4v) is 4.38. The molecule has 5 aromatic rings. The number of benzene rings is 2. The van der Waals surface area contributed by atoms with Gasteiger partial charge in [0.15, 0.2) is 0 Å². The van der Waals surface area contributed by atoms with Gasteiger partial charge in [0, 0.05) is 30.4 Å². The standard InChI is InChI=1S/C23H18ClN5O2/c24-18-3-1-2-16-19(4-5-25-21(16)18)29-14-27-22-17(23-26-6-9-31-23)12-15(13-20(22)29)28-7-10-30-11-8-28/h1-6,9,12-14H,7-8,10-11H2. The van der Waals surface area contributed by atoms with E-state index in [1.165, 1.54) is 0 Å². The highest BCUT2D eigenvalue weighted by Gasteiger charge is 2.20. The topological polar surface area (TPSA) is 69.2 Å². The van der Waals surface area contributed by atoms with Gasteiger partial charge in [-0.25, -0.2) is 9.97 Å². The van der Waals surface area contributed by atoms with Gasteiger partial charge >= 0.3 is 0 Å². The minimum absolute atomic E-state index is 0.549. The van der Waals surface area contributed by atoms with E-state index in [2.05, 4.69) is 31.6 Å². The molecule has 154 valence electrons. The number of oxazole rings is 1. The molecule has 0 saturated carbocycles. The first-order valence-corrected chi connectivity index (χ1v) is 10.4. The molecule has 1 aliphatic rings. The van der Waals surface area contributed by atoms with Crippen LogP contribution in [-0.2, 0) is 4.74 Å². The molecule has 0 atom stereocenters. The smallest absolute Gasteiger partial charge is 0.228 e. The molecule has 0 unspecified atom stereocenters. The highest BCUT2D eigenvalue weighted by Crippen LogP contribution is 2.35. The van der Waals surface area contributed by atoms with Crippen molar-refractivity contribution in [2.75, 3.05) is 31.2 Å². The van der Waals surface area contributed by atoms with Crippen LogP contribution in [0.3, 0.4) is 0 Å². The largest absolute Gasteiger partial charge is 0.444 e. The summed E-state index contributed by atoms with van der Waals surface area (Å²) in [4.78, 5) is 15.9. The number of para-hydroxylation sites is 1. The number of imidazole rings is 1. The number of ether oxygens (including phenoxy) is 1. The van der Waals surface area contributed by atoms with Crippen LogP contribution in [0.2, 0.25) is 5.02 Å². The van der Waals surface area contributed by atoms with E-state index in [-0.39, 0.29) is 0 Å². The van der Waals surface area contributed by atoms with E-state index in [9.17, 15) is 0 Å². The molecule has 0 N–H and O–H groups in total. The van der Waals surface area contributed by atoms with Crippen LogP contribution in [0, 0.1) is 0 Å². The van der Waals surface area contributed by atoms with Crippen LogP contribution in [0.4, 0.5) is 5.69 Å². The van der Waals surface area contributed by atoms with Gasteiger partial charge in [-0.1, -0.05) is 23.7 Å². The lowest BCUT2D eigenvalue weighted by molar-refractivity contribution is 0.122. The van der Waals surface area contributed by atoms with Crippen LogP contribution in [0.5, 0.6) is 0 Å². The van der Waals surface area contributed by atoms with Crippen LogP contribution in [0.1, 0.15) is 0 Å². The number of fused-ring (bicyclic) bond motifs is 2. The minimum Gasteiger partial charge on any atom is -0.444 e. The quantitative estimate of drug-likeness (QED) is 0.411. The van der Waals surface area contributed by atoms with Crippen LogP contribution < -0.4 is 4.90 Å². The predicted molar refractivity (Wildman–Crippen MR) is 120 cm³/mol. The molecule has 1 aliphatic heterocycles. The maximum Gasteiger partial charge on any atom is 0.228 e. The normalized spacial score (nSPS) is 14.5.